The van der Waals surface area contributed by atoms with Crippen LogP contribution >= 0.6 is 15.9 Å². The number of aromatic nitrogens is 1. The summed E-state index contributed by atoms with van der Waals surface area (Å²) in [5.74, 6) is -0.338. The second kappa shape index (κ2) is 6.45. The van der Waals surface area contributed by atoms with Crippen molar-refractivity contribution in [1.82, 2.24) is 14.8 Å². The van der Waals surface area contributed by atoms with Crippen molar-refractivity contribution in [1.29, 1.82) is 0 Å². The van der Waals surface area contributed by atoms with Crippen LogP contribution in [0, 0.1) is 0 Å². The van der Waals surface area contributed by atoms with E-state index >= 15 is 0 Å². The highest BCUT2D eigenvalue weighted by molar-refractivity contribution is 9.10. The number of nitrogens with two attached hydrogens (primary N) is 1. The Morgan fingerprint density at radius 2 is 2.21 bits per heavy atom. The molecule has 5 nitrogen and oxygen atoms in total. The van der Waals surface area contributed by atoms with E-state index in [1.807, 2.05) is 12.1 Å². The van der Waals surface area contributed by atoms with Gasteiger partial charge in [-0.15, -0.1) is 0 Å². The second-order valence-corrected chi connectivity index (χ2v) is 5.81. The van der Waals surface area contributed by atoms with Crippen molar-refractivity contribution in [3.05, 3.63) is 28.5 Å². The van der Waals surface area contributed by atoms with Gasteiger partial charge in [-0.05, 0) is 32.1 Å². The van der Waals surface area contributed by atoms with Crippen LogP contribution < -0.4 is 5.73 Å². The number of hydrogen-bond acceptors (Lipinski definition) is 4. The van der Waals surface area contributed by atoms with E-state index in [9.17, 15) is 4.79 Å². The Kier molecular flexibility index (Phi) is 4.90. The highest BCUT2D eigenvalue weighted by atomic mass is 79.9. The molecular weight excluding hydrogens is 308 g/mol. The normalized spacial score (nSPS) is 19.9. The Morgan fingerprint density at radius 3 is 2.89 bits per heavy atom. The lowest BCUT2D eigenvalue weighted by atomic mass is 10.1. The Bertz CT molecular complexity index is 454. The van der Waals surface area contributed by atoms with Gasteiger partial charge in [0.1, 0.15) is 6.04 Å². The third-order valence-corrected chi connectivity index (χ3v) is 3.91. The molecule has 6 heteroatoms. The summed E-state index contributed by atoms with van der Waals surface area (Å²) in [6.45, 7) is 3.69. The standard InChI is InChI=1S/C13H19BrN4O/c1-17-5-2-6-18(8-7-17)12(13(15)19)11-9-10(14)3-4-16-11/h3-4,9,12H,2,5-8H2,1H3,(H2,15,19). The van der Waals surface area contributed by atoms with Crippen LogP contribution in [-0.2, 0) is 4.79 Å². The van der Waals surface area contributed by atoms with Crippen LogP contribution in [0.1, 0.15) is 18.2 Å². The summed E-state index contributed by atoms with van der Waals surface area (Å²) in [6, 6.07) is 3.27. The SMILES string of the molecule is CN1CCCN(C(C(N)=O)c2cc(Br)ccn2)CC1. The zero-order chi connectivity index (χ0) is 13.8. The highest BCUT2D eigenvalue weighted by Gasteiger charge is 2.28. The van der Waals surface area contributed by atoms with Gasteiger partial charge in [0.25, 0.3) is 0 Å². The number of nitrogens with zero attached hydrogens (tertiary/aromatic N) is 3. The van der Waals surface area contributed by atoms with E-state index in [2.05, 4.69) is 37.8 Å². The quantitative estimate of drug-likeness (QED) is 0.900. The molecule has 104 valence electrons. The van der Waals surface area contributed by atoms with Crippen molar-refractivity contribution in [3.63, 3.8) is 0 Å². The summed E-state index contributed by atoms with van der Waals surface area (Å²) in [5, 5.41) is 0. The van der Waals surface area contributed by atoms with Gasteiger partial charge in [0.2, 0.25) is 5.91 Å². The minimum Gasteiger partial charge on any atom is -0.368 e. The minimum absolute atomic E-state index is 0.338. The van der Waals surface area contributed by atoms with Crippen LogP contribution in [0.5, 0.6) is 0 Å². The van der Waals surface area contributed by atoms with Gasteiger partial charge in [-0.1, -0.05) is 15.9 Å². The fourth-order valence-electron chi connectivity index (χ4n) is 2.41. The van der Waals surface area contributed by atoms with Crippen molar-refractivity contribution >= 4 is 21.8 Å². The molecule has 0 aromatic carbocycles. The van der Waals surface area contributed by atoms with Gasteiger partial charge in [-0.3, -0.25) is 14.7 Å². The molecular formula is C13H19BrN4O. The molecule has 1 amide bonds. The van der Waals surface area contributed by atoms with E-state index in [1.165, 1.54) is 0 Å². The number of carbonyl (C=O) groups is 1. The van der Waals surface area contributed by atoms with Gasteiger partial charge in [0, 0.05) is 30.3 Å². The summed E-state index contributed by atoms with van der Waals surface area (Å²) in [7, 11) is 2.10. The molecule has 19 heavy (non-hydrogen) atoms. The Balaban J connectivity index is 2.22. The molecule has 1 unspecified atom stereocenters. The van der Waals surface area contributed by atoms with E-state index in [-0.39, 0.29) is 5.91 Å². The van der Waals surface area contributed by atoms with Crippen LogP contribution in [0.4, 0.5) is 0 Å². The van der Waals surface area contributed by atoms with Crippen molar-refractivity contribution < 1.29 is 4.79 Å². The molecule has 0 radical (unpaired) electrons. The molecule has 0 aliphatic carbocycles. The van der Waals surface area contributed by atoms with Gasteiger partial charge in [-0.25, -0.2) is 0 Å². The number of amides is 1. The lowest BCUT2D eigenvalue weighted by molar-refractivity contribution is -0.123. The molecule has 1 aliphatic rings. The molecule has 2 heterocycles. The zero-order valence-corrected chi connectivity index (χ0v) is 12.6. The van der Waals surface area contributed by atoms with Crippen LogP contribution in [0.2, 0.25) is 0 Å². The second-order valence-electron chi connectivity index (χ2n) is 4.90. The Labute approximate surface area is 121 Å². The molecule has 0 saturated carbocycles. The monoisotopic (exact) mass is 326 g/mol. The third-order valence-electron chi connectivity index (χ3n) is 3.41. The summed E-state index contributed by atoms with van der Waals surface area (Å²) in [5.41, 5.74) is 6.30. The summed E-state index contributed by atoms with van der Waals surface area (Å²) >= 11 is 3.41. The zero-order valence-electron chi connectivity index (χ0n) is 11.1. The van der Waals surface area contributed by atoms with Gasteiger partial charge < -0.3 is 10.6 Å². The van der Waals surface area contributed by atoms with Crippen molar-refractivity contribution in [2.75, 3.05) is 33.2 Å². The molecule has 2 N–H and O–H groups in total. The smallest absolute Gasteiger partial charge is 0.241 e. The highest BCUT2D eigenvalue weighted by Crippen LogP contribution is 2.22. The predicted octanol–water partition coefficient (Wildman–Crippen LogP) is 1.01. The fraction of sp³-hybridized carbons (Fsp3) is 0.538. The molecule has 0 bridgehead atoms. The largest absolute Gasteiger partial charge is 0.368 e. The number of hydrogen-bond donors (Lipinski definition) is 1. The van der Waals surface area contributed by atoms with E-state index in [1.54, 1.807) is 6.20 Å². The van der Waals surface area contributed by atoms with Crippen LogP contribution in [0.25, 0.3) is 0 Å². The maximum atomic E-state index is 11.8. The summed E-state index contributed by atoms with van der Waals surface area (Å²) < 4.78 is 0.913. The number of likely N-dealkylation sites (N-methyl/N-ethyl adjacent to an activating group) is 1. The molecule has 1 fully saturated rings. The predicted molar refractivity (Wildman–Crippen MR) is 77.6 cm³/mol. The molecule has 0 spiro atoms. The first-order valence-electron chi connectivity index (χ1n) is 6.41. The maximum absolute atomic E-state index is 11.8. The van der Waals surface area contributed by atoms with Gasteiger partial charge in [0.15, 0.2) is 0 Å². The van der Waals surface area contributed by atoms with Crippen LogP contribution in [0.15, 0.2) is 22.8 Å². The average molecular weight is 327 g/mol. The molecule has 1 aromatic heterocycles. The number of primary amides is 1. The van der Waals surface area contributed by atoms with E-state index in [4.69, 9.17) is 5.73 Å². The van der Waals surface area contributed by atoms with Crippen molar-refractivity contribution in [3.8, 4) is 0 Å². The van der Waals surface area contributed by atoms with Crippen molar-refractivity contribution in [2.45, 2.75) is 12.5 Å². The lowest BCUT2D eigenvalue weighted by Crippen LogP contribution is -2.40. The van der Waals surface area contributed by atoms with Crippen LogP contribution in [-0.4, -0.2) is 53.9 Å². The maximum Gasteiger partial charge on any atom is 0.241 e. The van der Waals surface area contributed by atoms with E-state index in [0.717, 1.165) is 37.1 Å². The molecule has 1 aromatic rings. The first-order valence-corrected chi connectivity index (χ1v) is 7.20. The lowest BCUT2D eigenvalue weighted by Gasteiger charge is -2.27. The minimum atomic E-state index is -0.441. The first kappa shape index (κ1) is 14.4. The third kappa shape index (κ3) is 3.75. The Hall–Kier alpha value is -0.980. The van der Waals surface area contributed by atoms with Gasteiger partial charge >= 0.3 is 0 Å². The topological polar surface area (TPSA) is 62.5 Å². The average Bonchev–Trinajstić information content (AvgIpc) is 2.55. The van der Waals surface area contributed by atoms with Crippen LogP contribution in [0.3, 0.4) is 0 Å². The van der Waals surface area contributed by atoms with Gasteiger partial charge in [-0.2, -0.15) is 0 Å². The summed E-state index contributed by atoms with van der Waals surface area (Å²) in [4.78, 5) is 20.5. The fourth-order valence-corrected chi connectivity index (χ4v) is 2.76. The van der Waals surface area contributed by atoms with Gasteiger partial charge in [0.05, 0.1) is 5.69 Å². The number of halogens is 1. The number of carbonyl (C=O) groups excluding carboxylic acids is 1. The number of rotatable bonds is 3. The molecule has 2 rings (SSSR count). The van der Waals surface area contributed by atoms with E-state index < -0.39 is 6.04 Å². The molecule has 1 saturated heterocycles. The Morgan fingerprint density at radius 1 is 1.42 bits per heavy atom. The summed E-state index contributed by atoms with van der Waals surface area (Å²) in [6.07, 6.45) is 2.73. The first-order chi connectivity index (χ1) is 9.08. The molecule has 1 aliphatic heterocycles. The van der Waals surface area contributed by atoms with Crippen molar-refractivity contribution in [2.24, 2.45) is 5.73 Å². The molecule has 1 atom stereocenters. The number of pyridine rings is 1. The van der Waals surface area contributed by atoms with E-state index in [0.29, 0.717) is 5.69 Å².